The third-order valence-corrected chi connectivity index (χ3v) is 2.84. The predicted molar refractivity (Wildman–Crippen MR) is 73.0 cm³/mol. The Morgan fingerprint density at radius 1 is 1.56 bits per heavy atom. The molecule has 0 fully saturated rings. The number of rotatable bonds is 7. The number of hydrogen-bond donors (Lipinski definition) is 0. The number of halogens is 1. The zero-order chi connectivity index (χ0) is 13.5. The molecule has 0 unspecified atom stereocenters. The standard InChI is InChI=1S/C11H16BrN3O3/c1-3-14(5-6-18-4-2)11-10(15(16)17)7-9(12)8-13-11/h7-8H,3-6H2,1-2H3. The number of nitrogens with zero attached hydrogens (tertiary/aromatic N) is 3. The van der Waals surface area contributed by atoms with Gasteiger partial charge in [0.1, 0.15) is 0 Å². The minimum atomic E-state index is -0.420. The molecule has 1 rings (SSSR count). The summed E-state index contributed by atoms with van der Waals surface area (Å²) in [5.41, 5.74) is 0.00252. The lowest BCUT2D eigenvalue weighted by molar-refractivity contribution is -0.384. The highest BCUT2D eigenvalue weighted by Crippen LogP contribution is 2.28. The van der Waals surface area contributed by atoms with Crippen molar-refractivity contribution in [3.05, 3.63) is 26.9 Å². The number of ether oxygens (including phenoxy) is 1. The first-order chi connectivity index (χ1) is 8.60. The molecule has 6 nitrogen and oxygen atoms in total. The maximum Gasteiger partial charge on any atom is 0.312 e. The number of likely N-dealkylation sites (N-methyl/N-ethyl adjacent to an activating group) is 1. The monoisotopic (exact) mass is 317 g/mol. The quantitative estimate of drug-likeness (QED) is 0.439. The normalized spacial score (nSPS) is 10.4. The second kappa shape index (κ2) is 7.27. The first kappa shape index (κ1) is 14.8. The Labute approximate surface area is 114 Å². The summed E-state index contributed by atoms with van der Waals surface area (Å²) in [7, 11) is 0. The van der Waals surface area contributed by atoms with Crippen molar-refractivity contribution in [1.82, 2.24) is 4.98 Å². The van der Waals surface area contributed by atoms with E-state index in [1.54, 1.807) is 6.20 Å². The van der Waals surface area contributed by atoms with Crippen LogP contribution in [0.4, 0.5) is 11.5 Å². The maximum atomic E-state index is 11.0. The van der Waals surface area contributed by atoms with Crippen molar-refractivity contribution in [1.29, 1.82) is 0 Å². The van der Waals surface area contributed by atoms with E-state index in [4.69, 9.17) is 4.74 Å². The van der Waals surface area contributed by atoms with Crippen LogP contribution in [0.1, 0.15) is 13.8 Å². The zero-order valence-electron chi connectivity index (χ0n) is 10.4. The van der Waals surface area contributed by atoms with Crippen LogP contribution in [0.5, 0.6) is 0 Å². The van der Waals surface area contributed by atoms with Gasteiger partial charge >= 0.3 is 5.69 Å². The van der Waals surface area contributed by atoms with Gasteiger partial charge in [-0.05, 0) is 29.8 Å². The Bertz CT molecular complexity index is 415. The van der Waals surface area contributed by atoms with E-state index in [9.17, 15) is 10.1 Å². The lowest BCUT2D eigenvalue weighted by Gasteiger charge is -2.21. The first-order valence-corrected chi connectivity index (χ1v) is 6.52. The molecular weight excluding hydrogens is 302 g/mol. The highest BCUT2D eigenvalue weighted by molar-refractivity contribution is 9.10. The molecular formula is C11H16BrN3O3. The van der Waals surface area contributed by atoms with Crippen molar-refractivity contribution in [3.8, 4) is 0 Å². The van der Waals surface area contributed by atoms with Crippen molar-refractivity contribution >= 4 is 27.4 Å². The van der Waals surface area contributed by atoms with Crippen LogP contribution in [0, 0.1) is 10.1 Å². The van der Waals surface area contributed by atoms with E-state index in [0.717, 1.165) is 0 Å². The van der Waals surface area contributed by atoms with Crippen molar-refractivity contribution in [2.24, 2.45) is 0 Å². The van der Waals surface area contributed by atoms with Crippen LogP contribution in [-0.2, 0) is 4.74 Å². The molecule has 0 aromatic carbocycles. The molecule has 0 amide bonds. The van der Waals surface area contributed by atoms with E-state index in [0.29, 0.717) is 36.6 Å². The van der Waals surface area contributed by atoms with Crippen LogP contribution >= 0.6 is 15.9 Å². The molecule has 1 aromatic heterocycles. The third kappa shape index (κ3) is 3.92. The average Bonchev–Trinajstić information content (AvgIpc) is 2.35. The van der Waals surface area contributed by atoms with Crippen molar-refractivity contribution < 1.29 is 9.66 Å². The van der Waals surface area contributed by atoms with Gasteiger partial charge in [0.05, 0.1) is 11.5 Å². The van der Waals surface area contributed by atoms with Crippen LogP contribution in [0.3, 0.4) is 0 Å². The second-order valence-corrected chi connectivity index (χ2v) is 4.45. The number of hydrogen-bond acceptors (Lipinski definition) is 5. The van der Waals surface area contributed by atoms with Gasteiger partial charge in [0.15, 0.2) is 0 Å². The third-order valence-electron chi connectivity index (χ3n) is 2.40. The zero-order valence-corrected chi connectivity index (χ0v) is 12.0. The minimum Gasteiger partial charge on any atom is -0.380 e. The predicted octanol–water partition coefficient (Wildman–Crippen LogP) is 2.62. The molecule has 0 bridgehead atoms. The smallest absolute Gasteiger partial charge is 0.312 e. The molecule has 0 radical (unpaired) electrons. The van der Waals surface area contributed by atoms with E-state index in [1.807, 2.05) is 18.7 Å². The summed E-state index contributed by atoms with van der Waals surface area (Å²) < 4.78 is 5.86. The molecule has 0 saturated heterocycles. The molecule has 100 valence electrons. The van der Waals surface area contributed by atoms with Crippen LogP contribution in [0.2, 0.25) is 0 Å². The van der Waals surface area contributed by atoms with E-state index in [1.165, 1.54) is 6.07 Å². The number of pyridine rings is 1. The number of anilines is 1. The van der Waals surface area contributed by atoms with E-state index < -0.39 is 4.92 Å². The molecule has 7 heteroatoms. The highest BCUT2D eigenvalue weighted by atomic mass is 79.9. The molecule has 0 N–H and O–H groups in total. The summed E-state index contributed by atoms with van der Waals surface area (Å²) in [4.78, 5) is 16.6. The van der Waals surface area contributed by atoms with Crippen LogP contribution in [-0.4, -0.2) is 36.2 Å². The van der Waals surface area contributed by atoms with Crippen molar-refractivity contribution in [3.63, 3.8) is 0 Å². The summed E-state index contributed by atoms with van der Waals surface area (Å²) in [6.07, 6.45) is 1.56. The topological polar surface area (TPSA) is 68.5 Å². The molecule has 1 aromatic rings. The molecule has 0 saturated carbocycles. The van der Waals surface area contributed by atoms with E-state index in [-0.39, 0.29) is 5.69 Å². The van der Waals surface area contributed by atoms with Crippen molar-refractivity contribution in [2.45, 2.75) is 13.8 Å². The number of nitro groups is 1. The maximum absolute atomic E-state index is 11.0. The largest absolute Gasteiger partial charge is 0.380 e. The Morgan fingerprint density at radius 3 is 2.83 bits per heavy atom. The van der Waals surface area contributed by atoms with Gasteiger partial charge in [-0.2, -0.15) is 0 Å². The SMILES string of the molecule is CCOCCN(CC)c1ncc(Br)cc1[N+](=O)[O-]. The molecule has 18 heavy (non-hydrogen) atoms. The Balaban J connectivity index is 2.93. The fraction of sp³-hybridized carbons (Fsp3) is 0.545. The van der Waals surface area contributed by atoms with E-state index in [2.05, 4.69) is 20.9 Å². The van der Waals surface area contributed by atoms with Gasteiger partial charge in [-0.15, -0.1) is 0 Å². The summed E-state index contributed by atoms with van der Waals surface area (Å²) in [5, 5.41) is 11.0. The Hall–Kier alpha value is -1.21. The number of aromatic nitrogens is 1. The van der Waals surface area contributed by atoms with Crippen LogP contribution < -0.4 is 4.90 Å². The summed E-state index contributed by atoms with van der Waals surface area (Å²) >= 11 is 3.19. The minimum absolute atomic E-state index is 0.00252. The van der Waals surface area contributed by atoms with Crippen LogP contribution in [0.15, 0.2) is 16.7 Å². The van der Waals surface area contributed by atoms with Gasteiger partial charge < -0.3 is 9.64 Å². The summed E-state index contributed by atoms with van der Waals surface area (Å²) in [6, 6.07) is 1.46. The molecule has 0 aliphatic heterocycles. The fourth-order valence-corrected chi connectivity index (χ4v) is 1.85. The molecule has 0 aliphatic rings. The van der Waals surface area contributed by atoms with Gasteiger partial charge in [-0.3, -0.25) is 10.1 Å². The molecule has 1 heterocycles. The molecule has 0 spiro atoms. The lowest BCUT2D eigenvalue weighted by Crippen LogP contribution is -2.28. The van der Waals surface area contributed by atoms with Crippen molar-refractivity contribution in [2.75, 3.05) is 31.2 Å². The van der Waals surface area contributed by atoms with Gasteiger partial charge in [0.2, 0.25) is 5.82 Å². The van der Waals surface area contributed by atoms with Gasteiger partial charge in [-0.1, -0.05) is 0 Å². The Morgan fingerprint density at radius 2 is 2.28 bits per heavy atom. The summed E-state index contributed by atoms with van der Waals surface area (Å²) in [5.74, 6) is 0.380. The lowest BCUT2D eigenvalue weighted by atomic mass is 10.3. The van der Waals surface area contributed by atoms with Gasteiger partial charge in [-0.25, -0.2) is 4.98 Å². The molecule has 0 aliphatic carbocycles. The van der Waals surface area contributed by atoms with Crippen LogP contribution in [0.25, 0.3) is 0 Å². The Kier molecular flexibility index (Phi) is 6.00. The van der Waals surface area contributed by atoms with Gasteiger partial charge in [0.25, 0.3) is 0 Å². The second-order valence-electron chi connectivity index (χ2n) is 3.53. The first-order valence-electron chi connectivity index (χ1n) is 5.72. The highest BCUT2D eigenvalue weighted by Gasteiger charge is 2.20. The average molecular weight is 318 g/mol. The fourth-order valence-electron chi connectivity index (χ4n) is 1.53. The molecule has 0 atom stereocenters. The van der Waals surface area contributed by atoms with Gasteiger partial charge in [0, 0.05) is 36.4 Å². The van der Waals surface area contributed by atoms with E-state index >= 15 is 0 Å². The summed E-state index contributed by atoms with van der Waals surface area (Å²) in [6.45, 7) is 6.23.